The highest BCUT2D eigenvalue weighted by Crippen LogP contribution is 2.18. The summed E-state index contributed by atoms with van der Waals surface area (Å²) in [6.45, 7) is 0.715. The van der Waals surface area contributed by atoms with Crippen LogP contribution in [0, 0.1) is 0 Å². The maximum atomic E-state index is 9.35. The molecule has 0 aliphatic rings. The molecule has 0 amide bonds. The summed E-state index contributed by atoms with van der Waals surface area (Å²) in [7, 11) is 0. The van der Waals surface area contributed by atoms with Crippen molar-refractivity contribution in [1.82, 2.24) is 0 Å². The fourth-order valence-electron chi connectivity index (χ4n) is 1.58. The third-order valence-corrected chi connectivity index (χ3v) is 3.24. The van der Waals surface area contributed by atoms with Gasteiger partial charge in [0.05, 0.1) is 0 Å². The molecule has 2 N–H and O–H groups in total. The number of phenolic OH excluding ortho intramolecular Hbond substituents is 1. The Morgan fingerprint density at radius 1 is 1.12 bits per heavy atom. The predicted molar refractivity (Wildman–Crippen MR) is 73.7 cm³/mol. The molecule has 2 rings (SSSR count). The number of phenols is 1. The second-order valence-electron chi connectivity index (χ2n) is 3.75. The van der Waals surface area contributed by atoms with Crippen LogP contribution in [0.5, 0.6) is 5.75 Å². The molecule has 17 heavy (non-hydrogen) atoms. The first-order valence-electron chi connectivity index (χ1n) is 5.44. The van der Waals surface area contributed by atoms with E-state index in [4.69, 9.17) is 0 Å². The molecule has 0 aromatic heterocycles. The van der Waals surface area contributed by atoms with Crippen LogP contribution in [0.3, 0.4) is 0 Å². The molecule has 0 saturated carbocycles. The van der Waals surface area contributed by atoms with Gasteiger partial charge in [-0.2, -0.15) is 0 Å². The fourth-order valence-corrected chi connectivity index (χ4v) is 1.99. The summed E-state index contributed by atoms with van der Waals surface area (Å²) in [5.74, 6) is 0.307. The van der Waals surface area contributed by atoms with E-state index in [1.165, 1.54) is 4.90 Å². The smallest absolute Gasteiger partial charge is 0.115 e. The van der Waals surface area contributed by atoms with Gasteiger partial charge < -0.3 is 10.4 Å². The van der Waals surface area contributed by atoms with E-state index in [0.29, 0.717) is 12.3 Å². The molecule has 0 radical (unpaired) electrons. The highest BCUT2D eigenvalue weighted by Gasteiger charge is 1.96. The molecule has 0 unspecified atom stereocenters. The number of benzene rings is 2. The van der Waals surface area contributed by atoms with Gasteiger partial charge in [-0.1, -0.05) is 12.1 Å². The lowest BCUT2D eigenvalue weighted by atomic mass is 10.2. The normalized spacial score (nSPS) is 10.2. The molecule has 0 aliphatic carbocycles. The average Bonchev–Trinajstić information content (AvgIpc) is 2.37. The molecule has 0 aliphatic heterocycles. The Kier molecular flexibility index (Phi) is 3.94. The summed E-state index contributed by atoms with van der Waals surface area (Å²) < 4.78 is 0. The minimum absolute atomic E-state index is 0.307. The van der Waals surface area contributed by atoms with E-state index in [9.17, 15) is 5.11 Å². The molecular weight excluding hydrogens is 230 g/mol. The maximum absolute atomic E-state index is 9.35. The van der Waals surface area contributed by atoms with Crippen LogP contribution in [-0.2, 0) is 6.54 Å². The molecule has 0 heterocycles. The quantitative estimate of drug-likeness (QED) is 0.805. The van der Waals surface area contributed by atoms with Crippen molar-refractivity contribution in [3.8, 4) is 5.75 Å². The molecule has 2 aromatic carbocycles. The van der Waals surface area contributed by atoms with Crippen LogP contribution < -0.4 is 5.32 Å². The van der Waals surface area contributed by atoms with Crippen molar-refractivity contribution >= 4 is 17.4 Å². The largest absolute Gasteiger partial charge is 0.508 e. The van der Waals surface area contributed by atoms with Crippen molar-refractivity contribution < 1.29 is 5.11 Å². The zero-order chi connectivity index (χ0) is 12.1. The Morgan fingerprint density at radius 2 is 1.88 bits per heavy atom. The first-order valence-corrected chi connectivity index (χ1v) is 6.66. The second kappa shape index (κ2) is 5.64. The fraction of sp³-hybridized carbons (Fsp3) is 0.143. The molecule has 0 bridgehead atoms. The lowest BCUT2D eigenvalue weighted by molar-refractivity contribution is 0.474. The first kappa shape index (κ1) is 11.9. The molecule has 0 spiro atoms. The molecule has 2 aromatic rings. The maximum Gasteiger partial charge on any atom is 0.115 e. The van der Waals surface area contributed by atoms with Crippen LogP contribution in [0.15, 0.2) is 53.4 Å². The summed E-state index contributed by atoms with van der Waals surface area (Å²) in [5, 5.41) is 12.7. The van der Waals surface area contributed by atoms with Crippen molar-refractivity contribution in [3.63, 3.8) is 0 Å². The summed E-state index contributed by atoms with van der Waals surface area (Å²) >= 11 is 1.73. The van der Waals surface area contributed by atoms with Crippen LogP contribution in [0.2, 0.25) is 0 Å². The first-order chi connectivity index (χ1) is 8.28. The summed E-state index contributed by atoms with van der Waals surface area (Å²) in [5.41, 5.74) is 2.16. The molecule has 88 valence electrons. The summed E-state index contributed by atoms with van der Waals surface area (Å²) in [4.78, 5) is 1.26. The van der Waals surface area contributed by atoms with Crippen molar-refractivity contribution in [1.29, 1.82) is 0 Å². The minimum atomic E-state index is 0.307. The summed E-state index contributed by atoms with van der Waals surface area (Å²) in [6.07, 6.45) is 2.06. The highest BCUT2D eigenvalue weighted by atomic mass is 32.2. The Morgan fingerprint density at radius 3 is 2.53 bits per heavy atom. The third-order valence-electron chi connectivity index (χ3n) is 2.50. The Balaban J connectivity index is 1.97. The van der Waals surface area contributed by atoms with Crippen LogP contribution in [0.4, 0.5) is 5.69 Å². The van der Waals surface area contributed by atoms with E-state index >= 15 is 0 Å². The van der Waals surface area contributed by atoms with E-state index in [1.54, 1.807) is 23.9 Å². The number of hydrogen-bond donors (Lipinski definition) is 2. The standard InChI is InChI=1S/C14H15NOS/c1-17-14-7-5-12(6-8-14)15-10-11-3-2-4-13(16)9-11/h2-9,15-16H,10H2,1H3. The van der Waals surface area contributed by atoms with Crippen LogP contribution in [-0.4, -0.2) is 11.4 Å². The van der Waals surface area contributed by atoms with E-state index in [-0.39, 0.29) is 0 Å². The molecule has 3 heteroatoms. The van der Waals surface area contributed by atoms with Crippen molar-refractivity contribution in [2.75, 3.05) is 11.6 Å². The zero-order valence-corrected chi connectivity index (χ0v) is 10.5. The van der Waals surface area contributed by atoms with Gasteiger partial charge in [-0.05, 0) is 48.2 Å². The number of thioether (sulfide) groups is 1. The van der Waals surface area contributed by atoms with Crippen molar-refractivity contribution in [3.05, 3.63) is 54.1 Å². The van der Waals surface area contributed by atoms with E-state index in [2.05, 4.69) is 35.8 Å². The molecular formula is C14H15NOS. The van der Waals surface area contributed by atoms with Crippen LogP contribution in [0.25, 0.3) is 0 Å². The Labute approximate surface area is 106 Å². The lowest BCUT2D eigenvalue weighted by Gasteiger charge is -2.07. The number of rotatable bonds is 4. The lowest BCUT2D eigenvalue weighted by Crippen LogP contribution is -1.98. The van der Waals surface area contributed by atoms with Gasteiger partial charge >= 0.3 is 0 Å². The molecule has 2 nitrogen and oxygen atoms in total. The molecule has 0 saturated heterocycles. The summed E-state index contributed by atoms with van der Waals surface area (Å²) in [6, 6.07) is 15.6. The Bertz CT molecular complexity index is 482. The minimum Gasteiger partial charge on any atom is -0.508 e. The van der Waals surface area contributed by atoms with Gasteiger partial charge in [0.15, 0.2) is 0 Å². The van der Waals surface area contributed by atoms with Gasteiger partial charge in [0.1, 0.15) is 5.75 Å². The van der Waals surface area contributed by atoms with Gasteiger partial charge in [0, 0.05) is 17.1 Å². The van der Waals surface area contributed by atoms with Gasteiger partial charge in [-0.15, -0.1) is 11.8 Å². The number of hydrogen-bond acceptors (Lipinski definition) is 3. The van der Waals surface area contributed by atoms with Gasteiger partial charge in [0.25, 0.3) is 0 Å². The Hall–Kier alpha value is -1.61. The SMILES string of the molecule is CSc1ccc(NCc2cccc(O)c2)cc1. The number of anilines is 1. The topological polar surface area (TPSA) is 32.3 Å². The van der Waals surface area contributed by atoms with Crippen LogP contribution in [0.1, 0.15) is 5.56 Å². The number of nitrogens with one attached hydrogen (secondary N) is 1. The van der Waals surface area contributed by atoms with Crippen molar-refractivity contribution in [2.45, 2.75) is 11.4 Å². The highest BCUT2D eigenvalue weighted by molar-refractivity contribution is 7.98. The van der Waals surface area contributed by atoms with Gasteiger partial charge in [-0.3, -0.25) is 0 Å². The number of aromatic hydroxyl groups is 1. The van der Waals surface area contributed by atoms with Crippen LogP contribution >= 0.6 is 11.8 Å². The zero-order valence-electron chi connectivity index (χ0n) is 9.68. The molecule has 0 fully saturated rings. The second-order valence-corrected chi connectivity index (χ2v) is 4.63. The average molecular weight is 245 g/mol. The molecule has 0 atom stereocenters. The van der Waals surface area contributed by atoms with Gasteiger partial charge in [0.2, 0.25) is 0 Å². The third kappa shape index (κ3) is 3.43. The van der Waals surface area contributed by atoms with Crippen molar-refractivity contribution in [2.24, 2.45) is 0 Å². The predicted octanol–water partition coefficient (Wildman–Crippen LogP) is 3.73. The van der Waals surface area contributed by atoms with E-state index < -0.39 is 0 Å². The van der Waals surface area contributed by atoms with Gasteiger partial charge in [-0.25, -0.2) is 0 Å². The van der Waals surface area contributed by atoms with E-state index in [0.717, 1.165) is 11.3 Å². The van der Waals surface area contributed by atoms with E-state index in [1.807, 2.05) is 12.1 Å². The monoisotopic (exact) mass is 245 g/mol.